The molecule has 0 aromatic carbocycles. The summed E-state index contributed by atoms with van der Waals surface area (Å²) >= 11 is 0. The van der Waals surface area contributed by atoms with Gasteiger partial charge in [-0.15, -0.1) is 0 Å². The van der Waals surface area contributed by atoms with Crippen LogP contribution in [0.15, 0.2) is 0 Å². The van der Waals surface area contributed by atoms with Crippen LogP contribution in [0, 0.1) is 0 Å². The van der Waals surface area contributed by atoms with Gasteiger partial charge in [0.05, 0.1) is 6.10 Å². The van der Waals surface area contributed by atoms with Gasteiger partial charge in [0, 0.05) is 0 Å². The van der Waals surface area contributed by atoms with Crippen molar-refractivity contribution in [2.24, 2.45) is 0 Å². The Labute approximate surface area is 71.3 Å². The largest absolute Gasteiger partial charge is 0.473 e. The lowest BCUT2D eigenvalue weighted by Crippen LogP contribution is -2.11. The molecule has 1 N–H and O–H groups in total. The summed E-state index contributed by atoms with van der Waals surface area (Å²) in [5, 5.41) is 0. The first kappa shape index (κ1) is 11.8. The first-order valence-corrected chi connectivity index (χ1v) is 5.02. The summed E-state index contributed by atoms with van der Waals surface area (Å²) in [6.45, 7) is 4.55. The Bertz CT molecular complexity index is 190. The molecule has 2 atom stereocenters. The highest BCUT2D eigenvalue weighted by atomic mass is 31.2. The van der Waals surface area contributed by atoms with E-state index in [2.05, 4.69) is 9.05 Å². The quantitative estimate of drug-likeness (QED) is 0.526. The van der Waals surface area contributed by atoms with E-state index in [0.717, 1.165) is 0 Å². The Balaban J connectivity index is 4.04. The lowest BCUT2D eigenvalue weighted by molar-refractivity contribution is -0.114. The van der Waals surface area contributed by atoms with Crippen LogP contribution in [-0.2, 0) is 18.4 Å². The van der Waals surface area contributed by atoms with Gasteiger partial charge in [0.1, 0.15) is 12.4 Å². The zero-order valence-corrected chi connectivity index (χ0v) is 8.15. The minimum absolute atomic E-state index is 0.417. The summed E-state index contributed by atoms with van der Waals surface area (Å²) in [6.07, 6.45) is -0.925. The first-order chi connectivity index (χ1) is 5.37. The highest BCUT2D eigenvalue weighted by Crippen LogP contribution is 2.45. The van der Waals surface area contributed by atoms with Crippen LogP contribution in [0.1, 0.15) is 20.8 Å². The fraction of sp³-hybridized carbons (Fsp3) is 0.833. The molecule has 0 spiro atoms. The van der Waals surface area contributed by atoms with E-state index in [4.69, 9.17) is 4.89 Å². The third kappa shape index (κ3) is 5.43. The number of hydrogen-bond acceptors (Lipinski definition) is 4. The molecule has 0 saturated heterocycles. The van der Waals surface area contributed by atoms with Crippen molar-refractivity contribution in [3.05, 3.63) is 0 Å². The van der Waals surface area contributed by atoms with E-state index >= 15 is 0 Å². The van der Waals surface area contributed by atoms with Gasteiger partial charge < -0.3 is 9.69 Å². The van der Waals surface area contributed by atoms with Crippen molar-refractivity contribution in [3.8, 4) is 0 Å². The first-order valence-electron chi connectivity index (χ1n) is 3.52. The van der Waals surface area contributed by atoms with Gasteiger partial charge >= 0.3 is 7.82 Å². The Morgan fingerprint density at radius 2 is 1.83 bits per heavy atom. The number of aldehydes is 1. The molecule has 0 aliphatic carbocycles. The number of phosphoric ester groups is 1. The zero-order valence-electron chi connectivity index (χ0n) is 7.26. The lowest BCUT2D eigenvalue weighted by Gasteiger charge is -2.15. The highest BCUT2D eigenvalue weighted by molar-refractivity contribution is 7.47. The van der Waals surface area contributed by atoms with E-state index in [0.29, 0.717) is 6.29 Å². The monoisotopic (exact) mass is 196 g/mol. The molecule has 12 heavy (non-hydrogen) atoms. The van der Waals surface area contributed by atoms with Crippen molar-refractivity contribution in [2.75, 3.05) is 0 Å². The molecule has 0 heterocycles. The Hall–Kier alpha value is -0.220. The van der Waals surface area contributed by atoms with E-state index in [9.17, 15) is 9.36 Å². The Morgan fingerprint density at radius 3 is 2.17 bits per heavy atom. The smallest absolute Gasteiger partial charge is 0.302 e. The van der Waals surface area contributed by atoms with Crippen LogP contribution >= 0.6 is 7.82 Å². The molecular weight excluding hydrogens is 183 g/mol. The molecule has 2 unspecified atom stereocenters. The second-order valence-corrected chi connectivity index (χ2v) is 3.93. The van der Waals surface area contributed by atoms with Gasteiger partial charge in [0.2, 0.25) is 0 Å². The number of phosphoric acid groups is 1. The Kier molecular flexibility index (Phi) is 4.63. The predicted octanol–water partition coefficient (Wildman–Crippen LogP) is 1.12. The highest BCUT2D eigenvalue weighted by Gasteiger charge is 2.25. The van der Waals surface area contributed by atoms with E-state index in [1.54, 1.807) is 13.8 Å². The zero-order chi connectivity index (χ0) is 9.78. The second kappa shape index (κ2) is 4.72. The summed E-state index contributed by atoms with van der Waals surface area (Å²) in [4.78, 5) is 19.0. The van der Waals surface area contributed by atoms with Crippen LogP contribution in [0.3, 0.4) is 0 Å². The number of carbonyl (C=O) groups is 1. The van der Waals surface area contributed by atoms with Gasteiger partial charge in [0.25, 0.3) is 0 Å². The molecule has 0 rings (SSSR count). The molecule has 0 amide bonds. The molecule has 0 fully saturated rings. The lowest BCUT2D eigenvalue weighted by atomic mass is 10.5. The maximum Gasteiger partial charge on any atom is 0.473 e. The minimum Gasteiger partial charge on any atom is -0.302 e. The van der Waals surface area contributed by atoms with Crippen LogP contribution in [0.4, 0.5) is 0 Å². The van der Waals surface area contributed by atoms with Gasteiger partial charge in [-0.25, -0.2) is 4.57 Å². The standard InChI is InChI=1S/C6H13O5P/c1-5(2)10-12(8,9)11-6(3)4-7/h4-6H,1-3H3,(H,8,9). The fourth-order valence-corrected chi connectivity index (χ4v) is 1.58. The summed E-state index contributed by atoms with van der Waals surface area (Å²) in [5.74, 6) is 0. The molecule has 0 aliphatic rings. The van der Waals surface area contributed by atoms with Gasteiger partial charge in [0.15, 0.2) is 0 Å². The third-order valence-corrected chi connectivity index (χ3v) is 2.12. The Morgan fingerprint density at radius 1 is 1.33 bits per heavy atom. The average molecular weight is 196 g/mol. The molecule has 0 saturated carbocycles. The fourth-order valence-electron chi connectivity index (χ4n) is 0.526. The molecule has 0 aromatic heterocycles. The molecule has 5 nitrogen and oxygen atoms in total. The number of hydrogen-bond donors (Lipinski definition) is 1. The van der Waals surface area contributed by atoms with E-state index in [1.807, 2.05) is 0 Å². The summed E-state index contributed by atoms with van der Waals surface area (Å²) < 4.78 is 19.9. The average Bonchev–Trinajstić information content (AvgIpc) is 1.83. The summed E-state index contributed by atoms with van der Waals surface area (Å²) in [6, 6.07) is 0. The molecule has 6 heteroatoms. The van der Waals surface area contributed by atoms with Gasteiger partial charge in [-0.2, -0.15) is 0 Å². The topological polar surface area (TPSA) is 72.8 Å². The van der Waals surface area contributed by atoms with Crippen LogP contribution in [0.2, 0.25) is 0 Å². The van der Waals surface area contributed by atoms with Crippen molar-refractivity contribution in [1.82, 2.24) is 0 Å². The molecule has 0 bridgehead atoms. The summed E-state index contributed by atoms with van der Waals surface area (Å²) in [7, 11) is -4.05. The molecule has 72 valence electrons. The van der Waals surface area contributed by atoms with Crippen LogP contribution in [0.25, 0.3) is 0 Å². The second-order valence-electron chi connectivity index (χ2n) is 2.57. The van der Waals surface area contributed by atoms with Crippen LogP contribution < -0.4 is 0 Å². The van der Waals surface area contributed by atoms with E-state index in [-0.39, 0.29) is 0 Å². The van der Waals surface area contributed by atoms with E-state index < -0.39 is 20.0 Å². The van der Waals surface area contributed by atoms with Gasteiger partial charge in [-0.05, 0) is 20.8 Å². The van der Waals surface area contributed by atoms with Crippen LogP contribution in [0.5, 0.6) is 0 Å². The summed E-state index contributed by atoms with van der Waals surface area (Å²) in [5.41, 5.74) is 0. The molecule has 0 aromatic rings. The predicted molar refractivity (Wildman–Crippen MR) is 42.7 cm³/mol. The SMILES string of the molecule is CC(C)OP(=O)(O)OC(C)C=O. The maximum absolute atomic E-state index is 10.9. The molecule has 0 aliphatic heterocycles. The van der Waals surface area contributed by atoms with Gasteiger partial charge in [-0.1, -0.05) is 0 Å². The van der Waals surface area contributed by atoms with Gasteiger partial charge in [-0.3, -0.25) is 9.05 Å². The van der Waals surface area contributed by atoms with Crippen molar-refractivity contribution in [1.29, 1.82) is 0 Å². The van der Waals surface area contributed by atoms with E-state index in [1.165, 1.54) is 6.92 Å². The maximum atomic E-state index is 10.9. The minimum atomic E-state index is -4.05. The molecule has 0 radical (unpaired) electrons. The molecular formula is C6H13O5P. The number of rotatable bonds is 5. The number of carbonyl (C=O) groups excluding carboxylic acids is 1. The third-order valence-electron chi connectivity index (χ3n) is 0.835. The normalized spacial score (nSPS) is 18.8. The van der Waals surface area contributed by atoms with Crippen molar-refractivity contribution < 1.29 is 23.3 Å². The van der Waals surface area contributed by atoms with Crippen LogP contribution in [-0.4, -0.2) is 23.4 Å². The van der Waals surface area contributed by atoms with Crippen molar-refractivity contribution in [3.63, 3.8) is 0 Å². The van der Waals surface area contributed by atoms with Crippen molar-refractivity contribution in [2.45, 2.75) is 33.0 Å². The van der Waals surface area contributed by atoms with Crippen molar-refractivity contribution >= 4 is 14.1 Å².